The van der Waals surface area contributed by atoms with Gasteiger partial charge in [0.15, 0.2) is 0 Å². The molecule has 2 N–H and O–H groups in total. The summed E-state index contributed by atoms with van der Waals surface area (Å²) < 4.78 is 0. The lowest BCUT2D eigenvalue weighted by molar-refractivity contribution is 0.608. The molecule has 0 aromatic heterocycles. The summed E-state index contributed by atoms with van der Waals surface area (Å²) in [5.74, 6) is 1.76. The molecule has 0 spiro atoms. The number of nitrogens with two attached hydrogens (primary N) is 1. The van der Waals surface area contributed by atoms with Gasteiger partial charge in [-0.15, -0.1) is 0 Å². The van der Waals surface area contributed by atoms with Gasteiger partial charge in [-0.25, -0.2) is 0 Å². The lowest BCUT2D eigenvalue weighted by atomic mass is 10.2. The van der Waals surface area contributed by atoms with Gasteiger partial charge in [0, 0.05) is 6.04 Å². The Bertz CT molecular complexity index is 68.6. The van der Waals surface area contributed by atoms with E-state index in [4.69, 9.17) is 5.73 Å². The van der Waals surface area contributed by atoms with Gasteiger partial charge in [0.05, 0.1) is 0 Å². The maximum atomic E-state index is 5.59. The van der Waals surface area contributed by atoms with Crippen molar-refractivity contribution in [1.82, 2.24) is 0 Å². The monoisotopic (exact) mass is 99.1 g/mol. The summed E-state index contributed by atoms with van der Waals surface area (Å²) in [6.45, 7) is 4.35. The van der Waals surface area contributed by atoms with Crippen molar-refractivity contribution in [3.05, 3.63) is 0 Å². The van der Waals surface area contributed by atoms with Crippen LogP contribution in [0.25, 0.3) is 0 Å². The second-order valence-corrected chi connectivity index (χ2v) is 2.74. The van der Waals surface area contributed by atoms with Gasteiger partial charge in [0.25, 0.3) is 0 Å². The molecule has 1 saturated carbocycles. The fourth-order valence-electron chi connectivity index (χ4n) is 1.08. The van der Waals surface area contributed by atoms with Crippen LogP contribution in [0.2, 0.25) is 0 Å². The minimum absolute atomic E-state index is 0.440. The quantitative estimate of drug-likeness (QED) is 0.521. The summed E-state index contributed by atoms with van der Waals surface area (Å²) in [5, 5.41) is 0. The maximum absolute atomic E-state index is 5.59. The summed E-state index contributed by atoms with van der Waals surface area (Å²) in [7, 11) is 0. The predicted octanol–water partition coefficient (Wildman–Crippen LogP) is 0.990. The average Bonchev–Trinajstić information content (AvgIpc) is 2.17. The van der Waals surface area contributed by atoms with Crippen molar-refractivity contribution in [3.63, 3.8) is 0 Å². The van der Waals surface area contributed by atoms with E-state index in [1.54, 1.807) is 0 Å². The molecule has 42 valence electrons. The SMILES string of the molecule is C[C@H](N)[C@@H]1C[C@@H]1C. The van der Waals surface area contributed by atoms with Gasteiger partial charge in [0.2, 0.25) is 0 Å². The van der Waals surface area contributed by atoms with Crippen molar-refractivity contribution in [1.29, 1.82) is 0 Å². The van der Waals surface area contributed by atoms with Crippen LogP contribution in [-0.2, 0) is 0 Å². The van der Waals surface area contributed by atoms with E-state index >= 15 is 0 Å². The Hall–Kier alpha value is -0.0400. The normalized spacial score (nSPS) is 43.3. The van der Waals surface area contributed by atoms with Crippen LogP contribution in [-0.4, -0.2) is 6.04 Å². The molecular formula is C6H13N. The van der Waals surface area contributed by atoms with Crippen LogP contribution < -0.4 is 5.73 Å². The minimum Gasteiger partial charge on any atom is -0.328 e. The molecule has 1 fully saturated rings. The lowest BCUT2D eigenvalue weighted by Gasteiger charge is -1.97. The van der Waals surface area contributed by atoms with Crippen LogP contribution in [0.5, 0.6) is 0 Å². The highest BCUT2D eigenvalue weighted by molar-refractivity contribution is 4.87. The van der Waals surface area contributed by atoms with Gasteiger partial charge in [-0.3, -0.25) is 0 Å². The number of hydrogen-bond donors (Lipinski definition) is 1. The fraction of sp³-hybridized carbons (Fsp3) is 1.00. The van der Waals surface area contributed by atoms with E-state index in [1.807, 2.05) is 0 Å². The van der Waals surface area contributed by atoms with Crippen molar-refractivity contribution in [2.75, 3.05) is 0 Å². The average molecular weight is 99.2 g/mol. The molecule has 0 amide bonds. The van der Waals surface area contributed by atoms with E-state index in [-0.39, 0.29) is 0 Å². The molecule has 0 aromatic carbocycles. The molecule has 3 atom stereocenters. The number of hydrogen-bond acceptors (Lipinski definition) is 1. The Balaban J connectivity index is 2.20. The Morgan fingerprint density at radius 2 is 2.14 bits per heavy atom. The zero-order valence-electron chi connectivity index (χ0n) is 5.02. The van der Waals surface area contributed by atoms with E-state index in [2.05, 4.69) is 13.8 Å². The van der Waals surface area contributed by atoms with Gasteiger partial charge in [-0.05, 0) is 25.2 Å². The molecule has 0 radical (unpaired) electrons. The topological polar surface area (TPSA) is 26.0 Å². The molecule has 0 aliphatic heterocycles. The third kappa shape index (κ3) is 0.942. The molecule has 0 unspecified atom stereocenters. The van der Waals surface area contributed by atoms with Crippen molar-refractivity contribution < 1.29 is 0 Å². The lowest BCUT2D eigenvalue weighted by Crippen LogP contribution is -2.17. The summed E-state index contributed by atoms with van der Waals surface area (Å²) in [6.07, 6.45) is 1.36. The van der Waals surface area contributed by atoms with Crippen LogP contribution >= 0.6 is 0 Å². The third-order valence-corrected chi connectivity index (χ3v) is 1.85. The Labute approximate surface area is 44.9 Å². The van der Waals surface area contributed by atoms with Gasteiger partial charge in [0.1, 0.15) is 0 Å². The Morgan fingerprint density at radius 3 is 2.14 bits per heavy atom. The van der Waals surface area contributed by atoms with E-state index in [1.165, 1.54) is 6.42 Å². The first-order valence-corrected chi connectivity index (χ1v) is 2.97. The predicted molar refractivity (Wildman–Crippen MR) is 30.9 cm³/mol. The Kier molecular flexibility index (Phi) is 1.08. The standard InChI is InChI=1S/C6H13N/c1-4-3-6(4)5(2)7/h4-6H,3,7H2,1-2H3/t4-,5-,6+/m0/s1. The maximum Gasteiger partial charge on any atom is 0.00414 e. The zero-order valence-corrected chi connectivity index (χ0v) is 5.02. The molecule has 0 aromatic rings. The van der Waals surface area contributed by atoms with Crippen LogP contribution in [0.15, 0.2) is 0 Å². The smallest absolute Gasteiger partial charge is 0.00414 e. The molecule has 1 aliphatic carbocycles. The fourth-order valence-corrected chi connectivity index (χ4v) is 1.08. The second-order valence-electron chi connectivity index (χ2n) is 2.74. The molecule has 1 heteroatoms. The largest absolute Gasteiger partial charge is 0.328 e. The highest BCUT2D eigenvalue weighted by atomic mass is 14.7. The van der Waals surface area contributed by atoms with E-state index in [9.17, 15) is 0 Å². The third-order valence-electron chi connectivity index (χ3n) is 1.85. The van der Waals surface area contributed by atoms with Crippen molar-refractivity contribution in [2.24, 2.45) is 17.6 Å². The number of rotatable bonds is 1. The molecule has 1 rings (SSSR count). The van der Waals surface area contributed by atoms with Gasteiger partial charge in [-0.2, -0.15) is 0 Å². The molecule has 1 nitrogen and oxygen atoms in total. The van der Waals surface area contributed by atoms with Crippen LogP contribution in [0.3, 0.4) is 0 Å². The summed E-state index contributed by atoms with van der Waals surface area (Å²) in [6, 6.07) is 0.440. The zero-order chi connectivity index (χ0) is 5.44. The first-order valence-electron chi connectivity index (χ1n) is 2.97. The second kappa shape index (κ2) is 1.48. The highest BCUT2D eigenvalue weighted by Crippen LogP contribution is 2.39. The van der Waals surface area contributed by atoms with Crippen molar-refractivity contribution in [3.8, 4) is 0 Å². The van der Waals surface area contributed by atoms with Gasteiger partial charge in [-0.1, -0.05) is 6.92 Å². The molecule has 1 aliphatic rings. The van der Waals surface area contributed by atoms with E-state index in [0.717, 1.165) is 11.8 Å². The first-order chi connectivity index (χ1) is 3.22. The molecule has 7 heavy (non-hydrogen) atoms. The van der Waals surface area contributed by atoms with Gasteiger partial charge >= 0.3 is 0 Å². The summed E-state index contributed by atoms with van der Waals surface area (Å²) in [5.41, 5.74) is 5.59. The van der Waals surface area contributed by atoms with Crippen LogP contribution in [0.4, 0.5) is 0 Å². The summed E-state index contributed by atoms with van der Waals surface area (Å²) in [4.78, 5) is 0. The molecular weight excluding hydrogens is 86.1 g/mol. The molecule has 0 bridgehead atoms. The Morgan fingerprint density at radius 1 is 1.71 bits per heavy atom. The first kappa shape index (κ1) is 5.10. The van der Waals surface area contributed by atoms with Gasteiger partial charge < -0.3 is 5.73 Å². The van der Waals surface area contributed by atoms with Crippen molar-refractivity contribution in [2.45, 2.75) is 26.3 Å². The summed E-state index contributed by atoms with van der Waals surface area (Å²) >= 11 is 0. The molecule has 0 heterocycles. The highest BCUT2D eigenvalue weighted by Gasteiger charge is 2.34. The van der Waals surface area contributed by atoms with E-state index in [0.29, 0.717) is 6.04 Å². The van der Waals surface area contributed by atoms with E-state index < -0.39 is 0 Å². The van der Waals surface area contributed by atoms with Crippen LogP contribution in [0, 0.1) is 11.8 Å². The molecule has 0 saturated heterocycles. The minimum atomic E-state index is 0.440. The van der Waals surface area contributed by atoms with Crippen LogP contribution in [0.1, 0.15) is 20.3 Å². The van der Waals surface area contributed by atoms with Crippen molar-refractivity contribution >= 4 is 0 Å².